The van der Waals surface area contributed by atoms with E-state index in [9.17, 15) is 0 Å². The number of rotatable bonds is 3. The van der Waals surface area contributed by atoms with E-state index in [0.29, 0.717) is 0 Å². The summed E-state index contributed by atoms with van der Waals surface area (Å²) in [6.07, 6.45) is 15.8. The molecule has 0 aliphatic heterocycles. The van der Waals surface area contributed by atoms with E-state index < -0.39 is 0 Å². The van der Waals surface area contributed by atoms with Crippen LogP contribution in [0.5, 0.6) is 0 Å². The Morgan fingerprint density at radius 2 is 1.86 bits per heavy atom. The van der Waals surface area contributed by atoms with Gasteiger partial charge < -0.3 is 0 Å². The molecule has 0 radical (unpaired) electrons. The molecule has 1 aliphatic carbocycles. The summed E-state index contributed by atoms with van der Waals surface area (Å²) in [6, 6.07) is 8.02. The first-order valence-corrected chi connectivity index (χ1v) is 6.92. The van der Waals surface area contributed by atoms with Crippen LogP contribution in [-0.4, -0.2) is 5.71 Å². The third-order valence-corrected chi connectivity index (χ3v) is 3.06. The SMILES string of the molecule is C=C1C=CC=CC1=NC(/C=c1/ccccc1=C)=C/C=C\C. The standard InChI is InChI=1S/C20H19N/c1-4-5-13-19(15-18-12-8-6-10-16(18)2)21-20-14-9-7-11-17(20)3/h4-15H,2-3H2,1H3/b5-4-,18-15-,19-13+,21-20?. The smallest absolute Gasteiger partial charge is 0.0703 e. The van der Waals surface area contributed by atoms with Gasteiger partial charge in [0.1, 0.15) is 0 Å². The maximum absolute atomic E-state index is 4.70. The maximum Gasteiger partial charge on any atom is 0.0703 e. The van der Waals surface area contributed by atoms with Crippen LogP contribution < -0.4 is 10.4 Å². The molecule has 1 heteroatoms. The van der Waals surface area contributed by atoms with Crippen LogP contribution in [0.3, 0.4) is 0 Å². The molecule has 0 aromatic heterocycles. The summed E-state index contributed by atoms with van der Waals surface area (Å²) in [4.78, 5) is 4.70. The van der Waals surface area contributed by atoms with Crippen LogP contribution in [0.1, 0.15) is 6.92 Å². The first-order chi connectivity index (χ1) is 10.2. The summed E-state index contributed by atoms with van der Waals surface area (Å²) in [5, 5.41) is 2.06. The van der Waals surface area contributed by atoms with Crippen molar-refractivity contribution in [1.82, 2.24) is 0 Å². The monoisotopic (exact) mass is 273 g/mol. The van der Waals surface area contributed by atoms with Gasteiger partial charge >= 0.3 is 0 Å². The van der Waals surface area contributed by atoms with E-state index in [1.165, 1.54) is 0 Å². The third kappa shape index (κ3) is 4.15. The number of nitrogens with zero attached hydrogens (tertiary/aromatic N) is 1. The van der Waals surface area contributed by atoms with Gasteiger partial charge in [-0.3, -0.25) is 0 Å². The molecule has 0 fully saturated rings. The lowest BCUT2D eigenvalue weighted by Crippen LogP contribution is -2.21. The van der Waals surface area contributed by atoms with Crippen molar-refractivity contribution in [3.63, 3.8) is 0 Å². The van der Waals surface area contributed by atoms with E-state index in [2.05, 4.69) is 13.2 Å². The van der Waals surface area contributed by atoms with E-state index in [-0.39, 0.29) is 0 Å². The van der Waals surface area contributed by atoms with Gasteiger partial charge in [-0.25, -0.2) is 4.99 Å². The van der Waals surface area contributed by atoms with Crippen molar-refractivity contribution in [2.75, 3.05) is 0 Å². The average Bonchev–Trinajstić information content (AvgIpc) is 2.49. The molecule has 0 atom stereocenters. The molecule has 0 saturated carbocycles. The number of allylic oxidation sites excluding steroid dienone is 9. The van der Waals surface area contributed by atoms with Gasteiger partial charge in [0.2, 0.25) is 0 Å². The van der Waals surface area contributed by atoms with Gasteiger partial charge in [0.25, 0.3) is 0 Å². The van der Waals surface area contributed by atoms with Gasteiger partial charge in [0, 0.05) is 0 Å². The Balaban J connectivity index is 2.49. The highest BCUT2D eigenvalue weighted by atomic mass is 14.7. The van der Waals surface area contributed by atoms with Crippen molar-refractivity contribution >= 4 is 18.4 Å². The summed E-state index contributed by atoms with van der Waals surface area (Å²) in [5.74, 6) is 0. The van der Waals surface area contributed by atoms with Crippen molar-refractivity contribution < 1.29 is 0 Å². The highest BCUT2D eigenvalue weighted by Gasteiger charge is 2.01. The molecule has 104 valence electrons. The summed E-state index contributed by atoms with van der Waals surface area (Å²) < 4.78 is 0. The Kier molecular flexibility index (Phi) is 5.05. The summed E-state index contributed by atoms with van der Waals surface area (Å²) in [7, 11) is 0. The van der Waals surface area contributed by atoms with Crippen LogP contribution in [0.4, 0.5) is 0 Å². The fourth-order valence-electron chi connectivity index (χ4n) is 1.91. The van der Waals surface area contributed by atoms with Crippen molar-refractivity contribution in [3.8, 4) is 0 Å². The van der Waals surface area contributed by atoms with Crippen molar-refractivity contribution in [2.45, 2.75) is 6.92 Å². The fourth-order valence-corrected chi connectivity index (χ4v) is 1.91. The van der Waals surface area contributed by atoms with Crippen LogP contribution in [0.25, 0.3) is 12.7 Å². The molecular weight excluding hydrogens is 254 g/mol. The lowest BCUT2D eigenvalue weighted by Gasteiger charge is -2.05. The predicted octanol–water partition coefficient (Wildman–Crippen LogP) is 3.46. The Labute approximate surface area is 126 Å². The van der Waals surface area contributed by atoms with Gasteiger partial charge in [-0.2, -0.15) is 0 Å². The largest absolute Gasteiger partial charge is 0.248 e. The normalized spacial score (nSPS) is 18.1. The second-order valence-electron chi connectivity index (χ2n) is 4.70. The lowest BCUT2D eigenvalue weighted by molar-refractivity contribution is 1.42. The lowest BCUT2D eigenvalue weighted by atomic mass is 10.1. The molecular formula is C20H19N. The molecule has 2 rings (SSSR count). The molecule has 0 saturated heterocycles. The minimum absolute atomic E-state index is 0.875. The Hall–Kier alpha value is -2.67. The van der Waals surface area contributed by atoms with E-state index in [1.54, 1.807) is 0 Å². The molecule has 1 aliphatic rings. The molecule has 0 bridgehead atoms. The topological polar surface area (TPSA) is 12.4 Å². The van der Waals surface area contributed by atoms with Gasteiger partial charge in [0.05, 0.1) is 11.4 Å². The zero-order valence-electron chi connectivity index (χ0n) is 12.3. The third-order valence-electron chi connectivity index (χ3n) is 3.06. The van der Waals surface area contributed by atoms with Crippen molar-refractivity contribution in [1.29, 1.82) is 0 Å². The maximum atomic E-state index is 4.70. The summed E-state index contributed by atoms with van der Waals surface area (Å²) in [6.45, 7) is 10.0. The fraction of sp³-hybridized carbons (Fsp3) is 0.0500. The Bertz CT molecular complexity index is 783. The van der Waals surface area contributed by atoms with Crippen LogP contribution in [0.2, 0.25) is 0 Å². The molecule has 0 heterocycles. The molecule has 0 amide bonds. The van der Waals surface area contributed by atoms with Gasteiger partial charge in [-0.15, -0.1) is 0 Å². The molecule has 0 unspecified atom stereocenters. The van der Waals surface area contributed by atoms with Gasteiger partial charge in [0.15, 0.2) is 0 Å². The van der Waals surface area contributed by atoms with E-state index >= 15 is 0 Å². The second-order valence-corrected chi connectivity index (χ2v) is 4.70. The van der Waals surface area contributed by atoms with E-state index in [0.717, 1.165) is 27.4 Å². The molecule has 1 aromatic rings. The van der Waals surface area contributed by atoms with Gasteiger partial charge in [-0.1, -0.05) is 67.8 Å². The predicted molar refractivity (Wildman–Crippen MR) is 93.4 cm³/mol. The number of benzene rings is 1. The number of aliphatic imine (C=N–C) groups is 1. The van der Waals surface area contributed by atoms with E-state index in [4.69, 9.17) is 4.99 Å². The van der Waals surface area contributed by atoms with Crippen molar-refractivity contribution in [2.24, 2.45) is 4.99 Å². The molecule has 1 aromatic carbocycles. The van der Waals surface area contributed by atoms with E-state index in [1.807, 2.05) is 79.8 Å². The van der Waals surface area contributed by atoms with Crippen LogP contribution in [0, 0.1) is 0 Å². The zero-order chi connectivity index (χ0) is 15.1. The minimum atomic E-state index is 0.875. The molecule has 0 spiro atoms. The number of hydrogen-bond acceptors (Lipinski definition) is 1. The highest BCUT2D eigenvalue weighted by molar-refractivity contribution is 6.11. The molecule has 21 heavy (non-hydrogen) atoms. The Morgan fingerprint density at radius 3 is 2.57 bits per heavy atom. The highest BCUT2D eigenvalue weighted by Crippen LogP contribution is 2.10. The molecule has 1 nitrogen and oxygen atoms in total. The average molecular weight is 273 g/mol. The first kappa shape index (κ1) is 14.7. The quantitative estimate of drug-likeness (QED) is 0.748. The van der Waals surface area contributed by atoms with Crippen LogP contribution in [0.15, 0.2) is 89.6 Å². The summed E-state index contributed by atoms with van der Waals surface area (Å²) in [5.41, 5.74) is 2.67. The van der Waals surface area contributed by atoms with Crippen LogP contribution in [-0.2, 0) is 0 Å². The molecule has 0 N–H and O–H groups in total. The summed E-state index contributed by atoms with van der Waals surface area (Å²) >= 11 is 0. The first-order valence-electron chi connectivity index (χ1n) is 6.92. The van der Waals surface area contributed by atoms with Crippen LogP contribution >= 0.6 is 0 Å². The zero-order valence-corrected chi connectivity index (χ0v) is 12.3. The minimum Gasteiger partial charge on any atom is -0.248 e. The van der Waals surface area contributed by atoms with Gasteiger partial charge in [-0.05, 0) is 41.2 Å². The number of hydrogen-bond donors (Lipinski definition) is 0. The second kappa shape index (κ2) is 7.20. The van der Waals surface area contributed by atoms with Crippen molar-refractivity contribution in [3.05, 3.63) is 95.1 Å². The Morgan fingerprint density at radius 1 is 1.10 bits per heavy atom.